The Balaban J connectivity index is 1.40. The summed E-state index contributed by atoms with van der Waals surface area (Å²) >= 11 is 1.23. The zero-order valence-electron chi connectivity index (χ0n) is 27.8. The molecular formula is C33H37F5N6O5S. The Kier molecular flexibility index (Phi) is 9.31. The van der Waals surface area contributed by atoms with Crippen LogP contribution in [0.25, 0.3) is 0 Å². The Bertz CT molecular complexity index is 1750. The number of nitrogens with one attached hydrogen (secondary N) is 1. The molecule has 0 bridgehead atoms. The van der Waals surface area contributed by atoms with Crippen LogP contribution in [0.5, 0.6) is 0 Å². The first-order chi connectivity index (χ1) is 23.5. The maximum Gasteiger partial charge on any atom is 0.338 e. The van der Waals surface area contributed by atoms with Crippen molar-refractivity contribution in [3.05, 3.63) is 63.0 Å². The Morgan fingerprint density at radius 3 is 2.52 bits per heavy atom. The molecule has 0 unspecified atom stereocenters. The van der Waals surface area contributed by atoms with Crippen LogP contribution >= 0.6 is 11.3 Å². The smallest absolute Gasteiger partial charge is 0.338 e. The van der Waals surface area contributed by atoms with Gasteiger partial charge in [0.1, 0.15) is 23.8 Å². The highest BCUT2D eigenvalue weighted by Crippen LogP contribution is 2.51. The Labute approximate surface area is 288 Å². The SMILES string of the molecule is CCOC(=O)C1=C(CN2CC(F)(F)[C@@H]3[C@H]2CN(C(=O)[C@H]2CC2(F)F)N3CCC(C)(C)C(=O)O)NC(c2nccs2)=N[C@H]1c1cccc(F)c1C. The highest BCUT2D eigenvalue weighted by molar-refractivity contribution is 7.11. The number of rotatable bonds is 11. The number of carboxylic acid groups (broad SMARTS) is 1. The van der Waals surface area contributed by atoms with E-state index < -0.39 is 77.9 Å². The molecule has 2 aromatic rings. The summed E-state index contributed by atoms with van der Waals surface area (Å²) in [5, 5.41) is 16.9. The summed E-state index contributed by atoms with van der Waals surface area (Å²) in [5.74, 6) is -11.7. The second-order valence-corrected chi connectivity index (χ2v) is 14.5. The average Bonchev–Trinajstić information content (AvgIpc) is 3.44. The van der Waals surface area contributed by atoms with Crippen LogP contribution in [-0.2, 0) is 19.1 Å². The summed E-state index contributed by atoms with van der Waals surface area (Å²) in [6.07, 6.45) is 0.691. The summed E-state index contributed by atoms with van der Waals surface area (Å²) in [6, 6.07) is 0.488. The van der Waals surface area contributed by atoms with Crippen LogP contribution in [0.15, 0.2) is 46.0 Å². The maximum absolute atomic E-state index is 16.2. The molecule has 0 spiro atoms. The van der Waals surface area contributed by atoms with Gasteiger partial charge in [0.15, 0.2) is 10.8 Å². The molecule has 2 saturated heterocycles. The first-order valence-electron chi connectivity index (χ1n) is 16.2. The summed E-state index contributed by atoms with van der Waals surface area (Å²) in [7, 11) is 0. The Morgan fingerprint density at radius 2 is 1.90 bits per heavy atom. The highest BCUT2D eigenvalue weighted by Gasteiger charge is 2.67. The molecule has 1 saturated carbocycles. The normalized spacial score (nSPS) is 26.0. The predicted molar refractivity (Wildman–Crippen MR) is 171 cm³/mol. The number of carbonyl (C=O) groups is 3. The van der Waals surface area contributed by atoms with Crippen molar-refractivity contribution in [2.45, 2.75) is 70.5 Å². The van der Waals surface area contributed by atoms with Crippen molar-refractivity contribution in [3.63, 3.8) is 0 Å². The first kappa shape index (κ1) is 35.9. The van der Waals surface area contributed by atoms with Gasteiger partial charge in [-0.3, -0.25) is 24.5 Å². The number of amides is 1. The van der Waals surface area contributed by atoms with Crippen molar-refractivity contribution in [2.24, 2.45) is 16.3 Å². The van der Waals surface area contributed by atoms with E-state index in [0.29, 0.717) is 10.6 Å². The van der Waals surface area contributed by atoms with Gasteiger partial charge in [-0.1, -0.05) is 12.1 Å². The van der Waals surface area contributed by atoms with E-state index in [0.717, 1.165) is 10.0 Å². The van der Waals surface area contributed by atoms with E-state index in [1.807, 2.05) is 0 Å². The van der Waals surface area contributed by atoms with Crippen LogP contribution < -0.4 is 5.32 Å². The third kappa shape index (κ3) is 6.50. The van der Waals surface area contributed by atoms with Crippen LogP contribution in [0.2, 0.25) is 0 Å². The molecule has 1 amide bonds. The number of hydrogen-bond donors (Lipinski definition) is 2. The minimum absolute atomic E-state index is 0.0233. The Hall–Kier alpha value is -3.96. The van der Waals surface area contributed by atoms with Gasteiger partial charge >= 0.3 is 11.9 Å². The largest absolute Gasteiger partial charge is 0.481 e. The number of ether oxygens (including phenoxy) is 1. The highest BCUT2D eigenvalue weighted by atomic mass is 32.1. The molecule has 6 rings (SSSR count). The number of carboxylic acids is 1. The van der Waals surface area contributed by atoms with Crippen LogP contribution in [0.3, 0.4) is 0 Å². The van der Waals surface area contributed by atoms with Crippen molar-refractivity contribution < 1.29 is 46.2 Å². The number of esters is 1. The fraction of sp³-hybridized carbons (Fsp3) is 0.545. The van der Waals surface area contributed by atoms with Gasteiger partial charge in [0.25, 0.3) is 11.8 Å². The molecular weight excluding hydrogens is 687 g/mol. The van der Waals surface area contributed by atoms with E-state index >= 15 is 8.78 Å². The molecule has 0 radical (unpaired) electrons. The molecule has 2 N–H and O–H groups in total. The third-order valence-electron chi connectivity index (χ3n) is 9.82. The lowest BCUT2D eigenvalue weighted by molar-refractivity contribution is -0.161. The van der Waals surface area contributed by atoms with Gasteiger partial charge in [0.05, 0.1) is 36.7 Å². The summed E-state index contributed by atoms with van der Waals surface area (Å²) < 4.78 is 80.8. The number of carbonyl (C=O) groups excluding carboxylic acids is 2. The fourth-order valence-corrected chi connectivity index (χ4v) is 7.39. The number of halogens is 5. The summed E-state index contributed by atoms with van der Waals surface area (Å²) in [4.78, 5) is 49.3. The number of hydrazine groups is 1. The number of nitrogens with zero attached hydrogens (tertiary/aromatic N) is 5. The number of aliphatic imine (C=N–C) groups is 1. The molecule has 1 aliphatic carbocycles. The molecule has 3 fully saturated rings. The molecule has 4 atom stereocenters. The lowest BCUT2D eigenvalue weighted by Gasteiger charge is -2.35. The molecule has 50 heavy (non-hydrogen) atoms. The van der Waals surface area contributed by atoms with E-state index in [1.54, 1.807) is 18.4 Å². The predicted octanol–water partition coefficient (Wildman–Crippen LogP) is 4.40. The average molecular weight is 725 g/mol. The molecule has 17 heteroatoms. The second kappa shape index (κ2) is 13.0. The topological polar surface area (TPSA) is 128 Å². The molecule has 1 aromatic carbocycles. The van der Waals surface area contributed by atoms with E-state index in [2.05, 4.69) is 10.3 Å². The van der Waals surface area contributed by atoms with Crippen molar-refractivity contribution in [2.75, 3.05) is 32.8 Å². The lowest BCUT2D eigenvalue weighted by Crippen LogP contribution is -2.53. The number of thiazole rings is 1. The molecule has 3 aliphatic heterocycles. The van der Waals surface area contributed by atoms with E-state index in [4.69, 9.17) is 9.73 Å². The van der Waals surface area contributed by atoms with Gasteiger partial charge in [-0.15, -0.1) is 11.3 Å². The maximum atomic E-state index is 16.2. The van der Waals surface area contributed by atoms with Gasteiger partial charge in [0, 0.05) is 36.8 Å². The van der Waals surface area contributed by atoms with Gasteiger partial charge < -0.3 is 15.2 Å². The standard InChI is InChI=1S/C33H37F5N6O5S/c1-5-49-29(46)23-21(40-26(27-39-10-12-50-27)41-24(23)18-7-6-8-20(34)17(18)2)14-42-16-33(37,38)25-22(42)15-44(28(45)19-13-32(19,35)36)43(25)11-9-31(3,4)30(47)48/h6-8,10,12,19,22,24-25H,5,9,11,13-16H2,1-4H3,(H,40,41)(H,47,48)/t19-,22-,24+,25+/m1/s1. The minimum atomic E-state index is -3.48. The van der Waals surface area contributed by atoms with Crippen LogP contribution in [-0.4, -0.2) is 105 Å². The molecule has 270 valence electrons. The number of hydrogen-bond acceptors (Lipinski definition) is 10. The molecule has 4 aliphatic rings. The lowest BCUT2D eigenvalue weighted by atomic mass is 9.89. The van der Waals surface area contributed by atoms with Crippen LogP contribution in [0, 0.1) is 24.1 Å². The fourth-order valence-electron chi connectivity index (χ4n) is 6.81. The molecule has 4 heterocycles. The zero-order chi connectivity index (χ0) is 36.3. The number of alkyl halides is 4. The van der Waals surface area contributed by atoms with Crippen molar-refractivity contribution >= 4 is 35.0 Å². The van der Waals surface area contributed by atoms with E-state index in [-0.39, 0.29) is 55.3 Å². The first-order valence-corrected chi connectivity index (χ1v) is 17.1. The second-order valence-electron chi connectivity index (χ2n) is 13.6. The van der Waals surface area contributed by atoms with Crippen molar-refractivity contribution in [3.8, 4) is 0 Å². The summed E-state index contributed by atoms with van der Waals surface area (Å²) in [6.45, 7) is 4.15. The monoisotopic (exact) mass is 724 g/mol. The minimum Gasteiger partial charge on any atom is -0.481 e. The number of aliphatic carboxylic acids is 1. The van der Waals surface area contributed by atoms with Crippen molar-refractivity contribution in [1.29, 1.82) is 0 Å². The number of aromatic nitrogens is 1. The third-order valence-corrected chi connectivity index (χ3v) is 10.6. The molecule has 1 aromatic heterocycles. The van der Waals surface area contributed by atoms with Crippen molar-refractivity contribution in [1.82, 2.24) is 25.2 Å². The number of amidine groups is 1. The Morgan fingerprint density at radius 1 is 1.18 bits per heavy atom. The van der Waals surface area contributed by atoms with Gasteiger partial charge in [-0.25, -0.2) is 36.7 Å². The van der Waals surface area contributed by atoms with Gasteiger partial charge in [-0.2, -0.15) is 0 Å². The number of benzene rings is 1. The van der Waals surface area contributed by atoms with Crippen LogP contribution in [0.1, 0.15) is 55.8 Å². The van der Waals surface area contributed by atoms with Gasteiger partial charge in [0.2, 0.25) is 5.91 Å². The quantitative estimate of drug-likeness (QED) is 0.256. The van der Waals surface area contributed by atoms with Crippen LogP contribution in [0.4, 0.5) is 22.0 Å². The van der Waals surface area contributed by atoms with E-state index in [1.165, 1.54) is 55.3 Å². The zero-order valence-corrected chi connectivity index (χ0v) is 28.6. The van der Waals surface area contributed by atoms with E-state index in [9.17, 15) is 32.7 Å². The van der Waals surface area contributed by atoms with Gasteiger partial charge in [-0.05, 0) is 51.3 Å². The number of likely N-dealkylation sites (tertiary alicyclic amines) is 1. The molecule has 11 nitrogen and oxygen atoms in total. The number of fused-ring (bicyclic) bond motifs is 1. The summed E-state index contributed by atoms with van der Waals surface area (Å²) in [5.41, 5.74) is -0.675.